The van der Waals surface area contributed by atoms with Crippen LogP contribution in [0.4, 0.5) is 5.69 Å². The highest BCUT2D eigenvalue weighted by atomic mass is 35.5. The summed E-state index contributed by atoms with van der Waals surface area (Å²) in [6, 6.07) is 29.3. The standard InChI is InChI=1S/C36H40ClN3O5S/c1-25-21-40(26(2)24-41)36(42)20-30-19-32(38-46(43,44)33-16-13-31(37)14-17-33)15-18-34(30)45-35(25)23-39(3)22-27-9-11-29(12-10-27)28-7-5-4-6-8-28/h4-19,25-26,35,38,41H,20-24H2,1-3H3/t25-,26-,35-/m0/s1. The molecule has 0 unspecified atom stereocenters. The summed E-state index contributed by atoms with van der Waals surface area (Å²) >= 11 is 5.94. The Morgan fingerprint density at radius 1 is 1.00 bits per heavy atom. The highest BCUT2D eigenvalue weighted by Gasteiger charge is 2.31. The van der Waals surface area contributed by atoms with Crippen molar-refractivity contribution in [2.75, 3.05) is 31.5 Å². The highest BCUT2D eigenvalue weighted by Crippen LogP contribution is 2.30. The summed E-state index contributed by atoms with van der Waals surface area (Å²) in [5, 5.41) is 10.4. The lowest BCUT2D eigenvalue weighted by atomic mass is 10.0. The van der Waals surface area contributed by atoms with E-state index in [2.05, 4.69) is 52.9 Å². The van der Waals surface area contributed by atoms with Crippen LogP contribution in [0.2, 0.25) is 5.02 Å². The van der Waals surface area contributed by atoms with Crippen LogP contribution in [-0.4, -0.2) is 68.1 Å². The molecule has 46 heavy (non-hydrogen) atoms. The molecule has 1 amide bonds. The fraction of sp³-hybridized carbons (Fsp3) is 0.306. The van der Waals surface area contributed by atoms with Gasteiger partial charge in [-0.05, 0) is 73.1 Å². The van der Waals surface area contributed by atoms with E-state index in [1.54, 1.807) is 23.1 Å². The first kappa shape index (κ1) is 33.5. The third-order valence-corrected chi connectivity index (χ3v) is 9.95. The maximum atomic E-state index is 13.6. The minimum absolute atomic E-state index is 0.000766. The summed E-state index contributed by atoms with van der Waals surface area (Å²) in [5.74, 6) is 0.303. The number of rotatable bonds is 10. The molecule has 242 valence electrons. The average molecular weight is 662 g/mol. The van der Waals surface area contributed by atoms with E-state index in [9.17, 15) is 18.3 Å². The zero-order chi connectivity index (χ0) is 32.8. The number of ether oxygens (including phenoxy) is 1. The molecule has 0 saturated heterocycles. The molecule has 0 saturated carbocycles. The van der Waals surface area contributed by atoms with Crippen molar-refractivity contribution in [1.29, 1.82) is 0 Å². The Kier molecular flexibility index (Phi) is 10.7. The summed E-state index contributed by atoms with van der Waals surface area (Å²) in [6.45, 7) is 5.40. The SMILES string of the molecule is C[C@H]1CN([C@@H](C)CO)C(=O)Cc2cc(NS(=O)(=O)c3ccc(Cl)cc3)ccc2O[C@H]1CN(C)Cc1ccc(-c2ccccc2)cc1. The van der Waals surface area contributed by atoms with Crippen molar-refractivity contribution in [3.8, 4) is 16.9 Å². The van der Waals surface area contributed by atoms with Gasteiger partial charge in [-0.25, -0.2) is 8.42 Å². The average Bonchev–Trinajstić information content (AvgIpc) is 3.08. The van der Waals surface area contributed by atoms with Crippen LogP contribution in [0.5, 0.6) is 5.75 Å². The molecule has 3 atom stereocenters. The molecule has 0 aromatic heterocycles. The van der Waals surface area contributed by atoms with Crippen LogP contribution in [-0.2, 0) is 27.8 Å². The van der Waals surface area contributed by atoms with E-state index >= 15 is 0 Å². The van der Waals surface area contributed by atoms with E-state index in [0.717, 1.165) is 5.56 Å². The second kappa shape index (κ2) is 14.7. The van der Waals surface area contributed by atoms with Gasteiger partial charge in [-0.2, -0.15) is 0 Å². The lowest BCUT2D eigenvalue weighted by molar-refractivity contribution is -0.134. The topological polar surface area (TPSA) is 99.2 Å². The number of carbonyl (C=O) groups excluding carboxylic acids is 1. The molecule has 5 rings (SSSR count). The van der Waals surface area contributed by atoms with Gasteiger partial charge in [0.25, 0.3) is 10.0 Å². The number of halogens is 1. The monoisotopic (exact) mass is 661 g/mol. The van der Waals surface area contributed by atoms with Gasteiger partial charge in [0, 0.05) is 41.8 Å². The summed E-state index contributed by atoms with van der Waals surface area (Å²) in [7, 11) is -1.85. The number of aliphatic hydroxyl groups is 1. The number of fused-ring (bicyclic) bond motifs is 1. The summed E-state index contributed by atoms with van der Waals surface area (Å²) in [6.07, 6.45) is -0.289. The van der Waals surface area contributed by atoms with Crippen LogP contribution in [0, 0.1) is 5.92 Å². The quantitative estimate of drug-likeness (QED) is 0.214. The Bertz CT molecular complexity index is 1730. The van der Waals surface area contributed by atoms with Gasteiger partial charge in [-0.15, -0.1) is 0 Å². The van der Waals surface area contributed by atoms with Crippen LogP contribution < -0.4 is 9.46 Å². The van der Waals surface area contributed by atoms with Crippen molar-refractivity contribution >= 4 is 33.2 Å². The first-order chi connectivity index (χ1) is 22.0. The Balaban J connectivity index is 1.37. The molecule has 0 spiro atoms. The fourth-order valence-electron chi connectivity index (χ4n) is 5.66. The number of carbonyl (C=O) groups is 1. The van der Waals surface area contributed by atoms with Gasteiger partial charge in [-0.3, -0.25) is 14.4 Å². The van der Waals surface area contributed by atoms with E-state index in [1.807, 2.05) is 32.2 Å². The van der Waals surface area contributed by atoms with Gasteiger partial charge in [-0.1, -0.05) is 73.1 Å². The first-order valence-corrected chi connectivity index (χ1v) is 17.2. The molecule has 1 heterocycles. The van der Waals surface area contributed by atoms with E-state index in [4.69, 9.17) is 16.3 Å². The third kappa shape index (κ3) is 8.27. The first-order valence-electron chi connectivity index (χ1n) is 15.3. The number of aliphatic hydroxyl groups excluding tert-OH is 1. The number of nitrogens with one attached hydrogen (secondary N) is 1. The van der Waals surface area contributed by atoms with Crippen molar-refractivity contribution < 1.29 is 23.1 Å². The predicted molar refractivity (Wildman–Crippen MR) is 182 cm³/mol. The summed E-state index contributed by atoms with van der Waals surface area (Å²) in [4.78, 5) is 17.5. The largest absolute Gasteiger partial charge is 0.488 e. The third-order valence-electron chi connectivity index (χ3n) is 8.30. The minimum Gasteiger partial charge on any atom is -0.488 e. The molecule has 1 aliphatic rings. The molecule has 2 N–H and O–H groups in total. The second-order valence-electron chi connectivity index (χ2n) is 12.0. The fourth-order valence-corrected chi connectivity index (χ4v) is 6.83. The van der Waals surface area contributed by atoms with Gasteiger partial charge < -0.3 is 14.7 Å². The Morgan fingerprint density at radius 2 is 1.67 bits per heavy atom. The van der Waals surface area contributed by atoms with Crippen LogP contribution in [0.15, 0.2) is 102 Å². The Morgan fingerprint density at radius 3 is 2.35 bits per heavy atom. The maximum Gasteiger partial charge on any atom is 0.261 e. The smallest absolute Gasteiger partial charge is 0.261 e. The van der Waals surface area contributed by atoms with Gasteiger partial charge in [0.05, 0.1) is 24.0 Å². The maximum absolute atomic E-state index is 13.6. The van der Waals surface area contributed by atoms with Crippen molar-refractivity contribution in [2.24, 2.45) is 5.92 Å². The van der Waals surface area contributed by atoms with Crippen molar-refractivity contribution in [1.82, 2.24) is 9.80 Å². The zero-order valence-corrected chi connectivity index (χ0v) is 27.8. The number of hydrogen-bond donors (Lipinski definition) is 2. The normalized spacial score (nSPS) is 17.8. The van der Waals surface area contributed by atoms with Crippen LogP contribution in [0.25, 0.3) is 11.1 Å². The van der Waals surface area contributed by atoms with Gasteiger partial charge in [0.15, 0.2) is 0 Å². The van der Waals surface area contributed by atoms with E-state index < -0.39 is 10.0 Å². The van der Waals surface area contributed by atoms with Crippen LogP contribution >= 0.6 is 11.6 Å². The molecule has 8 nitrogen and oxygen atoms in total. The molecule has 4 aromatic rings. The molecule has 0 radical (unpaired) electrons. The van der Waals surface area contributed by atoms with E-state index in [1.165, 1.54) is 35.4 Å². The van der Waals surface area contributed by atoms with Crippen LogP contribution in [0.1, 0.15) is 25.0 Å². The molecule has 4 aromatic carbocycles. The summed E-state index contributed by atoms with van der Waals surface area (Å²) in [5.41, 5.74) is 4.38. The van der Waals surface area contributed by atoms with Gasteiger partial charge in [0.2, 0.25) is 5.91 Å². The van der Waals surface area contributed by atoms with E-state index in [0.29, 0.717) is 41.7 Å². The highest BCUT2D eigenvalue weighted by molar-refractivity contribution is 7.92. The number of nitrogens with zero attached hydrogens (tertiary/aromatic N) is 2. The number of hydrogen-bond acceptors (Lipinski definition) is 6. The predicted octanol–water partition coefficient (Wildman–Crippen LogP) is 6.09. The number of anilines is 1. The Hall–Kier alpha value is -3.89. The molecular formula is C36H40ClN3O5S. The second-order valence-corrected chi connectivity index (χ2v) is 14.1. The molecule has 10 heteroatoms. The van der Waals surface area contributed by atoms with Gasteiger partial charge >= 0.3 is 0 Å². The number of sulfonamides is 1. The molecule has 0 aliphatic carbocycles. The van der Waals surface area contributed by atoms with E-state index in [-0.39, 0.29) is 41.9 Å². The Labute approximate surface area is 276 Å². The number of benzene rings is 4. The molecular weight excluding hydrogens is 622 g/mol. The van der Waals surface area contributed by atoms with Crippen LogP contribution in [0.3, 0.4) is 0 Å². The zero-order valence-electron chi connectivity index (χ0n) is 26.3. The molecule has 1 aliphatic heterocycles. The molecule has 0 bridgehead atoms. The molecule has 0 fully saturated rings. The van der Waals surface area contributed by atoms with Crippen molar-refractivity contribution in [3.63, 3.8) is 0 Å². The van der Waals surface area contributed by atoms with Crippen molar-refractivity contribution in [3.05, 3.63) is 113 Å². The summed E-state index contributed by atoms with van der Waals surface area (Å²) < 4.78 is 35.4. The van der Waals surface area contributed by atoms with Crippen molar-refractivity contribution in [2.45, 2.75) is 43.9 Å². The number of likely N-dealkylation sites (N-methyl/N-ethyl adjacent to an activating group) is 1. The van der Waals surface area contributed by atoms with Gasteiger partial charge in [0.1, 0.15) is 11.9 Å². The lowest BCUT2D eigenvalue weighted by Gasteiger charge is -2.34. The lowest BCUT2D eigenvalue weighted by Crippen LogP contribution is -2.47. The minimum atomic E-state index is -3.89. The number of amides is 1.